The fourth-order valence-corrected chi connectivity index (χ4v) is 2.98. The van der Waals surface area contributed by atoms with Crippen molar-refractivity contribution < 1.29 is 9.47 Å². The second kappa shape index (κ2) is 5.98. The Morgan fingerprint density at radius 2 is 1.68 bits per heavy atom. The molecule has 2 nitrogen and oxygen atoms in total. The van der Waals surface area contributed by atoms with E-state index in [-0.39, 0.29) is 11.7 Å². The molecule has 0 fully saturated rings. The van der Waals surface area contributed by atoms with Crippen LogP contribution >= 0.6 is 0 Å². The quantitative estimate of drug-likeness (QED) is 0.791. The lowest BCUT2D eigenvalue weighted by atomic mass is 9.89. The van der Waals surface area contributed by atoms with Crippen molar-refractivity contribution in [3.8, 4) is 5.75 Å². The predicted octanol–water partition coefficient (Wildman–Crippen LogP) is 5.02. The summed E-state index contributed by atoms with van der Waals surface area (Å²) in [7, 11) is 1.69. The Morgan fingerprint density at radius 1 is 1.00 bits per heavy atom. The van der Waals surface area contributed by atoms with Crippen molar-refractivity contribution in [1.82, 2.24) is 0 Å². The fraction of sp³-hybridized carbons (Fsp3) is 0.300. The second-order valence-corrected chi connectivity index (χ2v) is 6.22. The molecule has 22 heavy (non-hydrogen) atoms. The minimum absolute atomic E-state index is 0.0705. The highest BCUT2D eigenvalue weighted by molar-refractivity contribution is 5.68. The lowest BCUT2D eigenvalue weighted by Crippen LogP contribution is -2.28. The molecule has 1 atom stereocenters. The number of rotatable bonds is 3. The SMILES string of the molecule is COc1ccc(C2CC(c3ccccc3)=CC(C)(C)O2)cc1. The molecule has 0 aromatic heterocycles. The Kier molecular flexibility index (Phi) is 4.04. The lowest BCUT2D eigenvalue weighted by molar-refractivity contribution is -0.0476. The third kappa shape index (κ3) is 3.23. The first-order chi connectivity index (χ1) is 10.6. The van der Waals surface area contributed by atoms with Crippen LogP contribution in [0.1, 0.15) is 37.5 Å². The number of hydrogen-bond acceptors (Lipinski definition) is 2. The van der Waals surface area contributed by atoms with Gasteiger partial charge in [-0.2, -0.15) is 0 Å². The van der Waals surface area contributed by atoms with Crippen molar-refractivity contribution in [2.24, 2.45) is 0 Å². The highest BCUT2D eigenvalue weighted by Crippen LogP contribution is 2.40. The fourth-order valence-electron chi connectivity index (χ4n) is 2.98. The molecule has 1 aliphatic heterocycles. The van der Waals surface area contributed by atoms with Gasteiger partial charge >= 0.3 is 0 Å². The molecule has 1 aliphatic rings. The molecule has 2 heteroatoms. The Morgan fingerprint density at radius 3 is 2.32 bits per heavy atom. The van der Waals surface area contributed by atoms with Gasteiger partial charge in [-0.25, -0.2) is 0 Å². The smallest absolute Gasteiger partial charge is 0.118 e. The van der Waals surface area contributed by atoms with Crippen LogP contribution in [0.5, 0.6) is 5.75 Å². The maximum Gasteiger partial charge on any atom is 0.118 e. The van der Waals surface area contributed by atoms with Gasteiger partial charge in [0.1, 0.15) is 5.75 Å². The third-order valence-corrected chi connectivity index (χ3v) is 4.01. The molecule has 0 bridgehead atoms. The van der Waals surface area contributed by atoms with E-state index < -0.39 is 0 Å². The van der Waals surface area contributed by atoms with Crippen LogP contribution in [0.2, 0.25) is 0 Å². The summed E-state index contributed by atoms with van der Waals surface area (Å²) in [5.74, 6) is 0.873. The standard InChI is InChI=1S/C20H22O2/c1-20(2)14-17(15-7-5-4-6-8-15)13-19(22-20)16-9-11-18(21-3)12-10-16/h4-12,14,19H,13H2,1-3H3. The summed E-state index contributed by atoms with van der Waals surface area (Å²) in [6.07, 6.45) is 3.20. The first-order valence-corrected chi connectivity index (χ1v) is 7.66. The maximum atomic E-state index is 6.27. The van der Waals surface area contributed by atoms with E-state index in [2.05, 4.69) is 62.4 Å². The minimum Gasteiger partial charge on any atom is -0.497 e. The van der Waals surface area contributed by atoms with E-state index in [0.29, 0.717) is 0 Å². The van der Waals surface area contributed by atoms with Gasteiger partial charge < -0.3 is 9.47 Å². The van der Waals surface area contributed by atoms with E-state index in [9.17, 15) is 0 Å². The number of ether oxygens (including phenoxy) is 2. The van der Waals surface area contributed by atoms with Crippen LogP contribution in [0.3, 0.4) is 0 Å². The van der Waals surface area contributed by atoms with Gasteiger partial charge in [-0.05, 0) is 48.8 Å². The van der Waals surface area contributed by atoms with E-state index in [4.69, 9.17) is 9.47 Å². The van der Waals surface area contributed by atoms with Crippen LogP contribution in [0.15, 0.2) is 60.7 Å². The van der Waals surface area contributed by atoms with Crippen molar-refractivity contribution in [1.29, 1.82) is 0 Å². The van der Waals surface area contributed by atoms with Crippen LogP contribution in [0, 0.1) is 0 Å². The van der Waals surface area contributed by atoms with E-state index in [1.807, 2.05) is 12.1 Å². The second-order valence-electron chi connectivity index (χ2n) is 6.22. The zero-order valence-electron chi connectivity index (χ0n) is 13.4. The van der Waals surface area contributed by atoms with Crippen LogP contribution in [-0.4, -0.2) is 12.7 Å². The average Bonchev–Trinajstić information content (AvgIpc) is 2.54. The van der Waals surface area contributed by atoms with Crippen LogP contribution in [0.4, 0.5) is 0 Å². The van der Waals surface area contributed by atoms with Crippen LogP contribution in [-0.2, 0) is 4.74 Å². The zero-order chi connectivity index (χ0) is 15.6. The summed E-state index contributed by atoms with van der Waals surface area (Å²) in [5.41, 5.74) is 3.54. The largest absolute Gasteiger partial charge is 0.497 e. The molecule has 1 heterocycles. The summed E-state index contributed by atoms with van der Waals surface area (Å²) in [6.45, 7) is 4.23. The molecule has 0 N–H and O–H groups in total. The Labute approximate surface area is 132 Å². The highest BCUT2D eigenvalue weighted by atomic mass is 16.5. The highest BCUT2D eigenvalue weighted by Gasteiger charge is 2.29. The predicted molar refractivity (Wildman–Crippen MR) is 89.9 cm³/mol. The molecular formula is C20H22O2. The van der Waals surface area contributed by atoms with Gasteiger partial charge in [0.15, 0.2) is 0 Å². The topological polar surface area (TPSA) is 18.5 Å². The molecule has 0 saturated carbocycles. The van der Waals surface area contributed by atoms with E-state index in [0.717, 1.165) is 12.2 Å². The zero-order valence-corrected chi connectivity index (χ0v) is 13.4. The van der Waals surface area contributed by atoms with Crippen molar-refractivity contribution in [2.75, 3.05) is 7.11 Å². The number of hydrogen-bond donors (Lipinski definition) is 0. The van der Waals surface area contributed by atoms with Crippen molar-refractivity contribution in [2.45, 2.75) is 32.0 Å². The molecular weight excluding hydrogens is 272 g/mol. The molecule has 114 valence electrons. The van der Waals surface area contributed by atoms with Crippen LogP contribution in [0.25, 0.3) is 5.57 Å². The van der Waals surface area contributed by atoms with Crippen molar-refractivity contribution in [3.63, 3.8) is 0 Å². The van der Waals surface area contributed by atoms with Gasteiger partial charge in [0.2, 0.25) is 0 Å². The molecule has 3 rings (SSSR count). The number of methoxy groups -OCH3 is 1. The molecule has 0 saturated heterocycles. The van der Waals surface area contributed by atoms with Gasteiger partial charge in [0.25, 0.3) is 0 Å². The lowest BCUT2D eigenvalue weighted by Gasteiger charge is -2.35. The van der Waals surface area contributed by atoms with Gasteiger partial charge in [-0.15, -0.1) is 0 Å². The van der Waals surface area contributed by atoms with Crippen molar-refractivity contribution in [3.05, 3.63) is 71.8 Å². The van der Waals surface area contributed by atoms with E-state index in [1.54, 1.807) is 7.11 Å². The molecule has 2 aromatic carbocycles. The number of benzene rings is 2. The molecule has 2 aromatic rings. The van der Waals surface area contributed by atoms with Gasteiger partial charge in [0, 0.05) is 6.42 Å². The van der Waals surface area contributed by atoms with Gasteiger partial charge in [0.05, 0.1) is 18.8 Å². The first kappa shape index (κ1) is 14.9. The maximum absolute atomic E-state index is 6.27. The minimum atomic E-state index is -0.270. The Hall–Kier alpha value is -2.06. The summed E-state index contributed by atoms with van der Waals surface area (Å²) >= 11 is 0. The monoisotopic (exact) mass is 294 g/mol. The molecule has 0 spiro atoms. The van der Waals surface area contributed by atoms with E-state index in [1.165, 1.54) is 16.7 Å². The Bertz CT molecular complexity index is 654. The summed E-state index contributed by atoms with van der Waals surface area (Å²) in [6, 6.07) is 18.7. The summed E-state index contributed by atoms with van der Waals surface area (Å²) in [4.78, 5) is 0. The normalized spacial score (nSPS) is 20.3. The average molecular weight is 294 g/mol. The summed E-state index contributed by atoms with van der Waals surface area (Å²) in [5, 5.41) is 0. The molecule has 0 radical (unpaired) electrons. The molecule has 0 aliphatic carbocycles. The van der Waals surface area contributed by atoms with Crippen LogP contribution < -0.4 is 4.74 Å². The first-order valence-electron chi connectivity index (χ1n) is 7.66. The molecule has 0 amide bonds. The molecule has 1 unspecified atom stereocenters. The summed E-state index contributed by atoms with van der Waals surface area (Å²) < 4.78 is 11.5. The Balaban J connectivity index is 1.90. The van der Waals surface area contributed by atoms with Gasteiger partial charge in [-0.1, -0.05) is 42.5 Å². The van der Waals surface area contributed by atoms with E-state index >= 15 is 0 Å². The van der Waals surface area contributed by atoms with Crippen molar-refractivity contribution >= 4 is 5.57 Å². The third-order valence-electron chi connectivity index (χ3n) is 4.01. The van der Waals surface area contributed by atoms with Gasteiger partial charge in [-0.3, -0.25) is 0 Å².